The normalized spacial score (nSPS) is 19.0. The Hall–Kier alpha value is -1.14. The van der Waals surface area contributed by atoms with Crippen LogP contribution in [0.25, 0.3) is 0 Å². The van der Waals surface area contributed by atoms with E-state index in [4.69, 9.17) is 5.73 Å². The Morgan fingerprint density at radius 3 is 2.50 bits per heavy atom. The maximum Gasteiger partial charge on any atom is 0.243 e. The van der Waals surface area contributed by atoms with Crippen molar-refractivity contribution in [3.8, 4) is 0 Å². The molecular formula is C12H17FN2O2S. The zero-order chi connectivity index (χ0) is 13.3. The van der Waals surface area contributed by atoms with E-state index in [0.717, 1.165) is 18.9 Å². The van der Waals surface area contributed by atoms with E-state index in [1.54, 1.807) is 0 Å². The molecule has 0 radical (unpaired) electrons. The first-order chi connectivity index (χ1) is 8.41. The Bertz CT molecular complexity index is 537. The van der Waals surface area contributed by atoms with Gasteiger partial charge in [0.15, 0.2) is 0 Å². The number of piperidine rings is 1. The molecule has 6 heteroatoms. The van der Waals surface area contributed by atoms with Gasteiger partial charge in [0.25, 0.3) is 0 Å². The third kappa shape index (κ3) is 2.49. The van der Waals surface area contributed by atoms with Gasteiger partial charge in [0.05, 0.1) is 10.6 Å². The smallest absolute Gasteiger partial charge is 0.243 e. The quantitative estimate of drug-likeness (QED) is 0.835. The predicted molar refractivity (Wildman–Crippen MR) is 68.0 cm³/mol. The summed E-state index contributed by atoms with van der Waals surface area (Å²) in [5, 5.41) is 0. The van der Waals surface area contributed by atoms with E-state index in [1.165, 1.54) is 16.4 Å². The second kappa shape index (κ2) is 4.85. The maximum atomic E-state index is 13.0. The Morgan fingerprint density at radius 2 is 1.94 bits per heavy atom. The summed E-state index contributed by atoms with van der Waals surface area (Å²) in [5.74, 6) is -0.0454. The van der Waals surface area contributed by atoms with E-state index >= 15 is 0 Å². The molecule has 18 heavy (non-hydrogen) atoms. The van der Waals surface area contributed by atoms with Gasteiger partial charge in [-0.25, -0.2) is 12.8 Å². The Morgan fingerprint density at radius 1 is 1.33 bits per heavy atom. The van der Waals surface area contributed by atoms with Crippen molar-refractivity contribution in [2.24, 2.45) is 5.92 Å². The number of sulfonamides is 1. The van der Waals surface area contributed by atoms with Crippen molar-refractivity contribution in [1.82, 2.24) is 4.31 Å². The van der Waals surface area contributed by atoms with Crippen LogP contribution in [0.2, 0.25) is 0 Å². The molecule has 2 N–H and O–H groups in total. The Kier molecular flexibility index (Phi) is 3.59. The summed E-state index contributed by atoms with van der Waals surface area (Å²) in [5.41, 5.74) is 5.27. The van der Waals surface area contributed by atoms with Crippen LogP contribution < -0.4 is 5.73 Å². The van der Waals surface area contributed by atoms with Crippen LogP contribution in [0.4, 0.5) is 10.1 Å². The molecule has 0 spiro atoms. The summed E-state index contributed by atoms with van der Waals surface area (Å²) in [6.07, 6.45) is 1.71. The lowest BCUT2D eigenvalue weighted by Crippen LogP contribution is -2.37. The second-order valence-electron chi connectivity index (χ2n) is 4.77. The minimum absolute atomic E-state index is 0.0657. The largest absolute Gasteiger partial charge is 0.396 e. The molecule has 0 atom stereocenters. The lowest BCUT2D eigenvalue weighted by Gasteiger charge is -2.29. The third-order valence-corrected chi connectivity index (χ3v) is 5.24. The van der Waals surface area contributed by atoms with Crippen molar-refractivity contribution < 1.29 is 12.8 Å². The van der Waals surface area contributed by atoms with Crippen LogP contribution in [0.3, 0.4) is 0 Å². The number of anilines is 1. The topological polar surface area (TPSA) is 63.4 Å². The van der Waals surface area contributed by atoms with E-state index in [2.05, 4.69) is 6.92 Å². The van der Waals surface area contributed by atoms with Crippen molar-refractivity contribution in [3.05, 3.63) is 24.0 Å². The first-order valence-corrected chi connectivity index (χ1v) is 7.40. The van der Waals surface area contributed by atoms with E-state index in [1.807, 2.05) is 0 Å². The van der Waals surface area contributed by atoms with E-state index in [-0.39, 0.29) is 10.6 Å². The van der Waals surface area contributed by atoms with Gasteiger partial charge in [0.1, 0.15) is 5.82 Å². The van der Waals surface area contributed by atoms with Crippen LogP contribution >= 0.6 is 0 Å². The van der Waals surface area contributed by atoms with Crippen molar-refractivity contribution >= 4 is 15.7 Å². The van der Waals surface area contributed by atoms with Crippen molar-refractivity contribution in [1.29, 1.82) is 0 Å². The monoisotopic (exact) mass is 272 g/mol. The molecular weight excluding hydrogens is 255 g/mol. The first-order valence-electron chi connectivity index (χ1n) is 5.96. The van der Waals surface area contributed by atoms with Gasteiger partial charge in [-0.3, -0.25) is 0 Å². The zero-order valence-electron chi connectivity index (χ0n) is 10.3. The van der Waals surface area contributed by atoms with Crippen molar-refractivity contribution in [2.75, 3.05) is 18.8 Å². The van der Waals surface area contributed by atoms with Crippen LogP contribution in [0, 0.1) is 11.7 Å². The molecule has 0 aromatic heterocycles. The highest BCUT2D eigenvalue weighted by Gasteiger charge is 2.28. The van der Waals surface area contributed by atoms with E-state index in [9.17, 15) is 12.8 Å². The molecule has 0 amide bonds. The molecule has 0 bridgehead atoms. The average molecular weight is 272 g/mol. The number of nitrogens with two attached hydrogens (primary N) is 1. The second-order valence-corrected chi connectivity index (χ2v) is 6.71. The fourth-order valence-electron chi connectivity index (χ4n) is 2.06. The van der Waals surface area contributed by atoms with Gasteiger partial charge in [-0.05, 0) is 37.0 Å². The Balaban J connectivity index is 2.27. The molecule has 1 fully saturated rings. The molecule has 100 valence electrons. The average Bonchev–Trinajstić information content (AvgIpc) is 2.33. The molecule has 1 saturated heterocycles. The lowest BCUT2D eigenvalue weighted by molar-refractivity contribution is 0.288. The SMILES string of the molecule is CC1CCN(S(=O)(=O)c2ccc(F)c(N)c2)CC1. The molecule has 0 aliphatic carbocycles. The van der Waals surface area contributed by atoms with Crippen LogP contribution in [-0.2, 0) is 10.0 Å². The van der Waals surface area contributed by atoms with Gasteiger partial charge in [0, 0.05) is 13.1 Å². The number of hydrogen-bond acceptors (Lipinski definition) is 3. The number of nitrogen functional groups attached to an aromatic ring is 1. The number of benzene rings is 1. The van der Waals surface area contributed by atoms with Gasteiger partial charge in [-0.15, -0.1) is 0 Å². The van der Waals surface area contributed by atoms with Crippen LogP contribution in [-0.4, -0.2) is 25.8 Å². The Labute approximate surface area is 107 Å². The predicted octanol–water partition coefficient (Wildman–Crippen LogP) is 1.83. The molecule has 2 rings (SSSR count). The molecule has 0 unspecified atom stereocenters. The lowest BCUT2D eigenvalue weighted by atomic mass is 10.0. The minimum atomic E-state index is -3.54. The number of nitrogens with zero attached hydrogens (tertiary/aromatic N) is 1. The minimum Gasteiger partial charge on any atom is -0.396 e. The zero-order valence-corrected chi connectivity index (χ0v) is 11.1. The highest BCUT2D eigenvalue weighted by atomic mass is 32.2. The summed E-state index contributed by atoms with van der Waals surface area (Å²) < 4.78 is 39.1. The molecule has 4 nitrogen and oxygen atoms in total. The van der Waals surface area contributed by atoms with Crippen LogP contribution in [0.1, 0.15) is 19.8 Å². The molecule has 1 aromatic carbocycles. The van der Waals surface area contributed by atoms with Crippen LogP contribution in [0.5, 0.6) is 0 Å². The van der Waals surface area contributed by atoms with Crippen molar-refractivity contribution in [2.45, 2.75) is 24.7 Å². The van der Waals surface area contributed by atoms with Crippen LogP contribution in [0.15, 0.2) is 23.1 Å². The van der Waals surface area contributed by atoms with Gasteiger partial charge in [-0.2, -0.15) is 4.31 Å². The first kappa shape index (κ1) is 13.3. The molecule has 1 aliphatic heterocycles. The molecule has 0 saturated carbocycles. The van der Waals surface area contributed by atoms with Gasteiger partial charge in [-0.1, -0.05) is 6.92 Å². The fraction of sp³-hybridized carbons (Fsp3) is 0.500. The van der Waals surface area contributed by atoms with Gasteiger partial charge >= 0.3 is 0 Å². The third-order valence-electron chi connectivity index (χ3n) is 3.35. The summed E-state index contributed by atoms with van der Waals surface area (Å²) in [6, 6.07) is 3.54. The standard InChI is InChI=1S/C12H17FN2O2S/c1-9-4-6-15(7-5-9)18(16,17)10-2-3-11(13)12(14)8-10/h2-3,8-9H,4-7,14H2,1H3. The fourth-order valence-corrected chi connectivity index (χ4v) is 3.56. The summed E-state index contributed by atoms with van der Waals surface area (Å²) in [7, 11) is -3.54. The van der Waals surface area contributed by atoms with Gasteiger partial charge in [0.2, 0.25) is 10.0 Å². The van der Waals surface area contributed by atoms with E-state index in [0.29, 0.717) is 19.0 Å². The molecule has 1 aliphatic rings. The summed E-state index contributed by atoms with van der Waals surface area (Å²) >= 11 is 0. The van der Waals surface area contributed by atoms with Gasteiger partial charge < -0.3 is 5.73 Å². The summed E-state index contributed by atoms with van der Waals surface area (Å²) in [4.78, 5) is 0.0657. The number of hydrogen-bond donors (Lipinski definition) is 1. The highest BCUT2D eigenvalue weighted by molar-refractivity contribution is 7.89. The maximum absolute atomic E-state index is 13.0. The number of halogens is 1. The van der Waals surface area contributed by atoms with E-state index < -0.39 is 15.8 Å². The highest BCUT2D eigenvalue weighted by Crippen LogP contribution is 2.25. The molecule has 1 aromatic rings. The van der Waals surface area contributed by atoms with Crippen molar-refractivity contribution in [3.63, 3.8) is 0 Å². The number of rotatable bonds is 2. The molecule has 1 heterocycles. The summed E-state index contributed by atoms with van der Waals surface area (Å²) in [6.45, 7) is 3.14.